The predicted molar refractivity (Wildman–Crippen MR) is 51.9 cm³/mol. The van der Waals surface area contributed by atoms with Gasteiger partial charge in [-0.15, -0.1) is 0 Å². The molecular formula is C7H9B2Cl. The average Bonchev–Trinajstić information content (AvgIpc) is 1.94. The highest BCUT2D eigenvalue weighted by Gasteiger charge is 1.94. The van der Waals surface area contributed by atoms with Crippen LogP contribution in [0.5, 0.6) is 0 Å². The molecule has 1 aromatic rings. The average molecular weight is 150 g/mol. The Hall–Kier alpha value is -0.360. The van der Waals surface area contributed by atoms with Gasteiger partial charge in [0.1, 0.15) is 15.7 Å². The highest BCUT2D eigenvalue weighted by atomic mass is 35.5. The van der Waals surface area contributed by atoms with Gasteiger partial charge in [-0.05, 0) is 12.1 Å². The molecule has 0 N–H and O–H groups in total. The SMILES string of the molecule is BCc1cc(Cl)ccc1B. The van der Waals surface area contributed by atoms with Gasteiger partial charge in [0, 0.05) is 5.02 Å². The minimum atomic E-state index is 0.836. The second-order valence-electron chi connectivity index (χ2n) is 2.42. The van der Waals surface area contributed by atoms with E-state index in [0.29, 0.717) is 0 Å². The van der Waals surface area contributed by atoms with Crippen LogP contribution in [0.3, 0.4) is 0 Å². The van der Waals surface area contributed by atoms with Gasteiger partial charge in [0.05, 0.1) is 0 Å². The monoisotopic (exact) mass is 150 g/mol. The fourth-order valence-electron chi connectivity index (χ4n) is 1.02. The molecule has 0 atom stereocenters. The van der Waals surface area contributed by atoms with Crippen molar-refractivity contribution in [2.45, 2.75) is 6.32 Å². The topological polar surface area (TPSA) is 0 Å². The molecule has 0 fully saturated rings. The van der Waals surface area contributed by atoms with Gasteiger partial charge >= 0.3 is 0 Å². The van der Waals surface area contributed by atoms with E-state index >= 15 is 0 Å². The number of hydrogen-bond donors (Lipinski definition) is 0. The van der Waals surface area contributed by atoms with Gasteiger partial charge in [-0.25, -0.2) is 0 Å². The Labute approximate surface area is 68.4 Å². The quantitative estimate of drug-likeness (QED) is 0.484. The maximum atomic E-state index is 5.80. The molecule has 0 aromatic heterocycles. The van der Waals surface area contributed by atoms with Crippen LogP contribution in [0.1, 0.15) is 5.56 Å². The first-order valence-electron chi connectivity index (χ1n) is 3.49. The summed E-state index contributed by atoms with van der Waals surface area (Å²) in [6.45, 7) is 0. The van der Waals surface area contributed by atoms with E-state index in [1.807, 2.05) is 12.1 Å². The lowest BCUT2D eigenvalue weighted by Gasteiger charge is -2.01. The molecule has 0 nitrogen and oxygen atoms in total. The van der Waals surface area contributed by atoms with Gasteiger partial charge in [-0.1, -0.05) is 35.0 Å². The maximum Gasteiger partial charge on any atom is 0.139 e. The molecule has 1 rings (SSSR count). The van der Waals surface area contributed by atoms with E-state index in [4.69, 9.17) is 11.6 Å². The van der Waals surface area contributed by atoms with Crippen LogP contribution in [0.15, 0.2) is 18.2 Å². The van der Waals surface area contributed by atoms with Crippen LogP contribution in [0, 0.1) is 0 Å². The second kappa shape index (κ2) is 3.16. The molecule has 10 heavy (non-hydrogen) atoms. The van der Waals surface area contributed by atoms with E-state index < -0.39 is 0 Å². The van der Waals surface area contributed by atoms with Crippen LogP contribution in [0.2, 0.25) is 5.02 Å². The molecule has 3 heteroatoms. The standard InChI is InChI=1S/C7H9B2Cl/c8-4-5-3-6(10)1-2-7(5)9/h1-3H,4,8-9H2. The van der Waals surface area contributed by atoms with Crippen molar-refractivity contribution in [1.82, 2.24) is 0 Å². The Kier molecular flexibility index (Phi) is 2.44. The van der Waals surface area contributed by atoms with Crippen LogP contribution in [-0.4, -0.2) is 15.7 Å². The van der Waals surface area contributed by atoms with Crippen molar-refractivity contribution in [1.29, 1.82) is 0 Å². The Morgan fingerprint density at radius 2 is 2.10 bits per heavy atom. The summed E-state index contributed by atoms with van der Waals surface area (Å²) in [4.78, 5) is 0. The van der Waals surface area contributed by atoms with E-state index in [-0.39, 0.29) is 0 Å². The normalized spacial score (nSPS) is 9.70. The molecule has 50 valence electrons. The molecule has 0 heterocycles. The summed E-state index contributed by atoms with van der Waals surface area (Å²) in [5.41, 5.74) is 2.67. The van der Waals surface area contributed by atoms with Gasteiger partial charge in [-0.3, -0.25) is 0 Å². The molecule has 0 aliphatic rings. The molecule has 0 amide bonds. The number of hydrogen-bond acceptors (Lipinski definition) is 0. The highest BCUT2D eigenvalue weighted by molar-refractivity contribution is 6.35. The summed E-state index contributed by atoms with van der Waals surface area (Å²) >= 11 is 5.80. The lowest BCUT2D eigenvalue weighted by molar-refractivity contribution is 1.44. The zero-order chi connectivity index (χ0) is 7.56. The van der Waals surface area contributed by atoms with E-state index in [2.05, 4.69) is 21.8 Å². The molecule has 0 unspecified atom stereocenters. The van der Waals surface area contributed by atoms with Crippen LogP contribution < -0.4 is 5.46 Å². The summed E-state index contributed by atoms with van der Waals surface area (Å²) in [7, 11) is 4.24. The van der Waals surface area contributed by atoms with Gasteiger partial charge in [0.2, 0.25) is 0 Å². The minimum Gasteiger partial charge on any atom is -0.0864 e. The van der Waals surface area contributed by atoms with E-state index in [0.717, 1.165) is 11.3 Å². The van der Waals surface area contributed by atoms with Crippen LogP contribution in [0.25, 0.3) is 0 Å². The van der Waals surface area contributed by atoms with E-state index in [1.54, 1.807) is 0 Å². The van der Waals surface area contributed by atoms with Gasteiger partial charge < -0.3 is 0 Å². The third kappa shape index (κ3) is 1.57. The lowest BCUT2D eigenvalue weighted by Crippen LogP contribution is -2.09. The van der Waals surface area contributed by atoms with E-state index in [9.17, 15) is 0 Å². The summed E-state index contributed by atoms with van der Waals surface area (Å²) < 4.78 is 0. The van der Waals surface area contributed by atoms with Crippen molar-refractivity contribution >= 4 is 32.8 Å². The van der Waals surface area contributed by atoms with Gasteiger partial charge in [-0.2, -0.15) is 0 Å². The molecule has 0 radical (unpaired) electrons. The van der Waals surface area contributed by atoms with Crippen LogP contribution in [0.4, 0.5) is 0 Å². The van der Waals surface area contributed by atoms with Crippen molar-refractivity contribution in [3.05, 3.63) is 28.8 Å². The first-order valence-corrected chi connectivity index (χ1v) is 3.87. The molecule has 0 spiro atoms. The Balaban J connectivity index is 3.09. The Bertz CT molecular complexity index is 235. The number of halogens is 1. The maximum absolute atomic E-state index is 5.80. The summed E-state index contributed by atoms with van der Waals surface area (Å²) in [5, 5.41) is 0.836. The number of benzene rings is 1. The van der Waals surface area contributed by atoms with Crippen LogP contribution >= 0.6 is 11.6 Å². The predicted octanol–water partition coefficient (Wildman–Crippen LogP) is -0.268. The molecule has 0 saturated heterocycles. The lowest BCUT2D eigenvalue weighted by atomic mass is 9.84. The summed E-state index contributed by atoms with van der Waals surface area (Å²) in [5.74, 6) is 0. The largest absolute Gasteiger partial charge is 0.139 e. The van der Waals surface area contributed by atoms with Crippen molar-refractivity contribution in [3.63, 3.8) is 0 Å². The molecule has 0 aliphatic carbocycles. The highest BCUT2D eigenvalue weighted by Crippen LogP contribution is 2.07. The summed E-state index contributed by atoms with van der Waals surface area (Å²) in [6, 6.07) is 6.01. The molecular weight excluding hydrogens is 141 g/mol. The molecule has 0 saturated carbocycles. The van der Waals surface area contributed by atoms with Crippen molar-refractivity contribution in [2.24, 2.45) is 0 Å². The Morgan fingerprint density at radius 1 is 1.40 bits per heavy atom. The minimum absolute atomic E-state index is 0.836. The van der Waals surface area contributed by atoms with Crippen molar-refractivity contribution in [3.8, 4) is 0 Å². The number of rotatable bonds is 1. The van der Waals surface area contributed by atoms with Crippen molar-refractivity contribution < 1.29 is 0 Å². The fourth-order valence-corrected chi connectivity index (χ4v) is 1.22. The van der Waals surface area contributed by atoms with Crippen LogP contribution in [-0.2, 0) is 6.32 Å². The van der Waals surface area contributed by atoms with Crippen molar-refractivity contribution in [2.75, 3.05) is 0 Å². The van der Waals surface area contributed by atoms with Gasteiger partial charge in [0.15, 0.2) is 0 Å². The summed E-state index contributed by atoms with van der Waals surface area (Å²) in [6.07, 6.45) is 1.06. The zero-order valence-electron chi connectivity index (χ0n) is 6.32. The third-order valence-electron chi connectivity index (χ3n) is 1.69. The Morgan fingerprint density at radius 3 is 2.60 bits per heavy atom. The smallest absolute Gasteiger partial charge is 0.0864 e. The first-order chi connectivity index (χ1) is 4.74. The zero-order valence-corrected chi connectivity index (χ0v) is 7.07. The first kappa shape index (κ1) is 7.74. The third-order valence-corrected chi connectivity index (χ3v) is 1.93. The molecule has 0 bridgehead atoms. The second-order valence-corrected chi connectivity index (χ2v) is 2.86. The van der Waals surface area contributed by atoms with Gasteiger partial charge in [0.25, 0.3) is 0 Å². The molecule has 0 aliphatic heterocycles. The van der Waals surface area contributed by atoms with E-state index in [1.165, 1.54) is 11.0 Å². The fraction of sp³-hybridized carbons (Fsp3) is 0.143. The molecule has 1 aromatic carbocycles.